The molecule has 1 nitrogen and oxygen atoms in total. The second-order valence-corrected chi connectivity index (χ2v) is 3.46. The van der Waals surface area contributed by atoms with Gasteiger partial charge >= 0.3 is 0 Å². The van der Waals surface area contributed by atoms with Crippen LogP contribution in [0.3, 0.4) is 0 Å². The molecular weight excluding hydrogens is 165 g/mol. The molecule has 72 valence electrons. The minimum absolute atomic E-state index is 0.0283. The van der Waals surface area contributed by atoms with Crippen molar-refractivity contribution in [3.8, 4) is 0 Å². The lowest BCUT2D eigenvalue weighted by atomic mass is 10.0. The average Bonchev–Trinajstić information content (AvgIpc) is 2.03. The van der Waals surface area contributed by atoms with Gasteiger partial charge in [-0.1, -0.05) is 19.4 Å². The van der Waals surface area contributed by atoms with Gasteiger partial charge in [-0.05, 0) is 36.6 Å². The molecule has 0 spiro atoms. The Hall–Kier alpha value is -0.890. The Morgan fingerprint density at radius 2 is 2.08 bits per heavy atom. The lowest BCUT2D eigenvalue weighted by Crippen LogP contribution is -2.10. The molecule has 1 aromatic carbocycles. The number of nitrogens with two attached hydrogens (primary N) is 1. The standard InChI is InChI=1S/C11H16FN/c1-3-4-11(13)9-5-8(2)6-10(12)7-9/h5-7,11H,3-4,13H2,1-2H3. The number of rotatable bonds is 3. The highest BCUT2D eigenvalue weighted by Gasteiger charge is 2.06. The molecule has 1 atom stereocenters. The Labute approximate surface area is 78.8 Å². The molecule has 0 aliphatic rings. The van der Waals surface area contributed by atoms with Gasteiger partial charge in [-0.25, -0.2) is 4.39 Å². The van der Waals surface area contributed by atoms with Gasteiger partial charge in [0.15, 0.2) is 0 Å². The summed E-state index contributed by atoms with van der Waals surface area (Å²) in [5, 5.41) is 0. The van der Waals surface area contributed by atoms with E-state index in [-0.39, 0.29) is 11.9 Å². The molecule has 0 aliphatic heterocycles. The van der Waals surface area contributed by atoms with E-state index in [1.165, 1.54) is 12.1 Å². The maximum absolute atomic E-state index is 13.0. The first-order valence-electron chi connectivity index (χ1n) is 4.66. The first-order valence-corrected chi connectivity index (χ1v) is 4.66. The summed E-state index contributed by atoms with van der Waals surface area (Å²) < 4.78 is 13.0. The van der Waals surface area contributed by atoms with Crippen molar-refractivity contribution in [3.05, 3.63) is 35.1 Å². The maximum Gasteiger partial charge on any atom is 0.123 e. The number of hydrogen-bond acceptors (Lipinski definition) is 1. The Morgan fingerprint density at radius 1 is 1.38 bits per heavy atom. The molecule has 1 rings (SSSR count). The van der Waals surface area contributed by atoms with Crippen LogP contribution in [0.5, 0.6) is 0 Å². The third-order valence-electron chi connectivity index (χ3n) is 2.09. The zero-order chi connectivity index (χ0) is 9.84. The average molecular weight is 181 g/mol. The van der Waals surface area contributed by atoms with Crippen LogP contribution in [0, 0.1) is 12.7 Å². The Kier molecular flexibility index (Phi) is 3.43. The van der Waals surface area contributed by atoms with E-state index < -0.39 is 0 Å². The summed E-state index contributed by atoms with van der Waals surface area (Å²) in [6.07, 6.45) is 1.93. The van der Waals surface area contributed by atoms with Crippen LogP contribution in [0.4, 0.5) is 4.39 Å². The van der Waals surface area contributed by atoms with Gasteiger partial charge in [0.25, 0.3) is 0 Å². The van der Waals surface area contributed by atoms with E-state index >= 15 is 0 Å². The molecule has 0 saturated heterocycles. The maximum atomic E-state index is 13.0. The van der Waals surface area contributed by atoms with Crippen molar-refractivity contribution in [1.29, 1.82) is 0 Å². The second-order valence-electron chi connectivity index (χ2n) is 3.46. The number of aryl methyl sites for hydroxylation is 1. The van der Waals surface area contributed by atoms with Crippen molar-refractivity contribution < 1.29 is 4.39 Å². The van der Waals surface area contributed by atoms with E-state index in [0.29, 0.717) is 0 Å². The molecule has 1 aromatic rings. The minimum atomic E-state index is -0.193. The van der Waals surface area contributed by atoms with Crippen molar-refractivity contribution in [2.45, 2.75) is 32.7 Å². The Bertz CT molecular complexity index is 263. The molecule has 0 aromatic heterocycles. The summed E-state index contributed by atoms with van der Waals surface area (Å²) in [5.41, 5.74) is 7.71. The molecule has 0 saturated carbocycles. The molecule has 2 heteroatoms. The predicted molar refractivity (Wildman–Crippen MR) is 53.0 cm³/mol. The van der Waals surface area contributed by atoms with Gasteiger partial charge in [-0.2, -0.15) is 0 Å². The van der Waals surface area contributed by atoms with Crippen molar-refractivity contribution in [1.82, 2.24) is 0 Å². The first-order chi connectivity index (χ1) is 6.13. The molecular formula is C11H16FN. The highest BCUT2D eigenvalue weighted by atomic mass is 19.1. The molecule has 13 heavy (non-hydrogen) atoms. The van der Waals surface area contributed by atoms with E-state index in [4.69, 9.17) is 5.73 Å². The van der Waals surface area contributed by atoms with E-state index in [9.17, 15) is 4.39 Å². The molecule has 0 aliphatic carbocycles. The van der Waals surface area contributed by atoms with E-state index in [1.54, 1.807) is 0 Å². The summed E-state index contributed by atoms with van der Waals surface area (Å²) in [6, 6.07) is 4.96. The minimum Gasteiger partial charge on any atom is -0.324 e. The number of hydrogen-bond donors (Lipinski definition) is 1. The molecule has 2 N–H and O–H groups in total. The Balaban J connectivity index is 2.87. The summed E-state index contributed by atoms with van der Waals surface area (Å²) in [4.78, 5) is 0. The van der Waals surface area contributed by atoms with Gasteiger partial charge < -0.3 is 5.73 Å². The van der Waals surface area contributed by atoms with Gasteiger partial charge in [-0.3, -0.25) is 0 Å². The highest BCUT2D eigenvalue weighted by molar-refractivity contribution is 5.25. The van der Waals surface area contributed by atoms with Crippen LogP contribution in [0.15, 0.2) is 18.2 Å². The van der Waals surface area contributed by atoms with Crippen molar-refractivity contribution in [2.24, 2.45) is 5.73 Å². The van der Waals surface area contributed by atoms with Crippen LogP contribution in [0.2, 0.25) is 0 Å². The number of benzene rings is 1. The molecule has 0 fully saturated rings. The third kappa shape index (κ3) is 2.81. The van der Waals surface area contributed by atoms with Crippen molar-refractivity contribution in [3.63, 3.8) is 0 Å². The zero-order valence-corrected chi connectivity index (χ0v) is 8.18. The van der Waals surface area contributed by atoms with Gasteiger partial charge in [-0.15, -0.1) is 0 Å². The van der Waals surface area contributed by atoms with Crippen LogP contribution < -0.4 is 5.73 Å². The monoisotopic (exact) mass is 181 g/mol. The fraction of sp³-hybridized carbons (Fsp3) is 0.455. The normalized spacial score (nSPS) is 12.9. The first kappa shape index (κ1) is 10.2. The van der Waals surface area contributed by atoms with Gasteiger partial charge in [0.05, 0.1) is 0 Å². The fourth-order valence-electron chi connectivity index (χ4n) is 1.46. The molecule has 0 bridgehead atoms. The predicted octanol–water partition coefficient (Wildman–Crippen LogP) is 2.93. The smallest absolute Gasteiger partial charge is 0.123 e. The lowest BCUT2D eigenvalue weighted by Gasteiger charge is -2.11. The molecule has 0 heterocycles. The zero-order valence-electron chi connectivity index (χ0n) is 8.18. The third-order valence-corrected chi connectivity index (χ3v) is 2.09. The van der Waals surface area contributed by atoms with E-state index in [0.717, 1.165) is 24.0 Å². The van der Waals surface area contributed by atoms with Crippen LogP contribution in [0.1, 0.15) is 36.9 Å². The summed E-state index contributed by atoms with van der Waals surface area (Å²) in [7, 11) is 0. The topological polar surface area (TPSA) is 26.0 Å². The van der Waals surface area contributed by atoms with Crippen molar-refractivity contribution in [2.75, 3.05) is 0 Å². The van der Waals surface area contributed by atoms with Crippen LogP contribution >= 0.6 is 0 Å². The van der Waals surface area contributed by atoms with Gasteiger partial charge in [0.2, 0.25) is 0 Å². The van der Waals surface area contributed by atoms with Crippen molar-refractivity contribution >= 4 is 0 Å². The number of halogens is 1. The van der Waals surface area contributed by atoms with E-state index in [2.05, 4.69) is 6.92 Å². The largest absolute Gasteiger partial charge is 0.324 e. The highest BCUT2D eigenvalue weighted by Crippen LogP contribution is 2.18. The van der Waals surface area contributed by atoms with Gasteiger partial charge in [0.1, 0.15) is 5.82 Å². The summed E-state index contributed by atoms with van der Waals surface area (Å²) in [6.45, 7) is 3.96. The van der Waals surface area contributed by atoms with E-state index in [1.807, 2.05) is 13.0 Å². The Morgan fingerprint density at radius 3 is 2.62 bits per heavy atom. The van der Waals surface area contributed by atoms with Crippen LogP contribution in [0.25, 0.3) is 0 Å². The second kappa shape index (κ2) is 4.38. The molecule has 1 unspecified atom stereocenters. The molecule has 0 amide bonds. The lowest BCUT2D eigenvalue weighted by molar-refractivity contribution is 0.604. The fourth-order valence-corrected chi connectivity index (χ4v) is 1.46. The van der Waals surface area contributed by atoms with Crippen LogP contribution in [-0.4, -0.2) is 0 Å². The van der Waals surface area contributed by atoms with Crippen LogP contribution in [-0.2, 0) is 0 Å². The van der Waals surface area contributed by atoms with Gasteiger partial charge in [0, 0.05) is 6.04 Å². The quantitative estimate of drug-likeness (QED) is 0.762. The summed E-state index contributed by atoms with van der Waals surface area (Å²) in [5.74, 6) is -0.193. The summed E-state index contributed by atoms with van der Waals surface area (Å²) >= 11 is 0. The molecule has 0 radical (unpaired) electrons. The SMILES string of the molecule is CCCC(N)c1cc(C)cc(F)c1.